The van der Waals surface area contributed by atoms with Crippen LogP contribution < -0.4 is 15.4 Å². The molecule has 4 unspecified atom stereocenters. The highest BCUT2D eigenvalue weighted by Gasteiger charge is 2.51. The minimum Gasteiger partial charge on any atom is -0.496 e. The van der Waals surface area contributed by atoms with Gasteiger partial charge in [0.15, 0.2) is 0 Å². The van der Waals surface area contributed by atoms with E-state index >= 15 is 4.39 Å². The van der Waals surface area contributed by atoms with Crippen molar-refractivity contribution in [3.63, 3.8) is 0 Å². The number of carbonyl (C=O) groups excluding carboxylic acids is 2. The first-order chi connectivity index (χ1) is 20.9. The zero-order chi connectivity index (χ0) is 31.6. The number of rotatable bonds is 9. The molecule has 3 aromatic rings. The van der Waals surface area contributed by atoms with Crippen molar-refractivity contribution in [1.82, 2.24) is 10.3 Å². The minimum atomic E-state index is -4.47. The summed E-state index contributed by atoms with van der Waals surface area (Å²) in [5, 5.41) is 14.5. The van der Waals surface area contributed by atoms with E-state index in [1.807, 2.05) is 0 Å². The summed E-state index contributed by atoms with van der Waals surface area (Å²) in [5.41, 5.74) is -3.46. The molecule has 3 N–H and O–H groups in total. The van der Waals surface area contributed by atoms with E-state index in [-0.39, 0.29) is 51.1 Å². The number of aliphatic carboxylic acids is 1. The standard InChI is InChI=1S/C31H27F4N3O5S/c1-43-25-14-24(32)22(18-7-8-19(36-15-18)9-10-26(39)40)13-23(25)29(41)38-28-17-6-5-16(11-17)27(28)30(42)37-20-3-2-4-21(12-20)44-31(33,34)35/h2-4,7-10,12-17,27-28H,5-6,11H2,1H3,(H,37,42)(H,38,41)(H,39,40)/b10-9+. The van der Waals surface area contributed by atoms with E-state index < -0.39 is 41.1 Å². The second-order valence-corrected chi connectivity index (χ2v) is 11.7. The summed E-state index contributed by atoms with van der Waals surface area (Å²) in [6.07, 6.45) is 5.87. The molecular formula is C31H27F4N3O5S. The van der Waals surface area contributed by atoms with Crippen LogP contribution in [0.4, 0.5) is 23.2 Å². The summed E-state index contributed by atoms with van der Waals surface area (Å²) < 4.78 is 58.9. The third kappa shape index (κ3) is 7.04. The van der Waals surface area contributed by atoms with Gasteiger partial charge < -0.3 is 20.5 Å². The van der Waals surface area contributed by atoms with Crippen LogP contribution in [-0.4, -0.2) is 46.5 Å². The number of carboxylic acid groups (broad SMARTS) is 1. The van der Waals surface area contributed by atoms with E-state index in [1.54, 1.807) is 6.07 Å². The fraction of sp³-hybridized carbons (Fsp3) is 0.290. The Morgan fingerprint density at radius 1 is 1.09 bits per heavy atom. The molecule has 1 aromatic heterocycles. The van der Waals surface area contributed by atoms with Crippen LogP contribution >= 0.6 is 11.8 Å². The van der Waals surface area contributed by atoms with Gasteiger partial charge in [-0.15, -0.1) is 0 Å². The van der Waals surface area contributed by atoms with E-state index in [0.717, 1.165) is 25.0 Å². The van der Waals surface area contributed by atoms with Gasteiger partial charge in [0.25, 0.3) is 5.91 Å². The average molecular weight is 630 g/mol. The zero-order valence-corrected chi connectivity index (χ0v) is 24.0. The lowest BCUT2D eigenvalue weighted by molar-refractivity contribution is -0.131. The van der Waals surface area contributed by atoms with Crippen LogP contribution in [0, 0.1) is 23.6 Å². The van der Waals surface area contributed by atoms with Crippen molar-refractivity contribution in [3.8, 4) is 16.9 Å². The van der Waals surface area contributed by atoms with E-state index in [2.05, 4.69) is 15.6 Å². The maximum atomic E-state index is 15.1. The Balaban J connectivity index is 1.36. The van der Waals surface area contributed by atoms with Gasteiger partial charge in [0, 0.05) is 46.1 Å². The molecule has 2 aliphatic carbocycles. The lowest BCUT2D eigenvalue weighted by atomic mass is 9.83. The quantitative estimate of drug-likeness (QED) is 0.143. The molecule has 1 heterocycles. The Bertz CT molecular complexity index is 1610. The summed E-state index contributed by atoms with van der Waals surface area (Å²) in [6, 6.07) is 10.4. The molecule has 2 aliphatic rings. The van der Waals surface area contributed by atoms with Crippen LogP contribution in [0.2, 0.25) is 0 Å². The highest BCUT2D eigenvalue weighted by molar-refractivity contribution is 8.00. The molecule has 44 heavy (non-hydrogen) atoms. The van der Waals surface area contributed by atoms with E-state index in [1.165, 1.54) is 55.8 Å². The SMILES string of the molecule is COc1cc(F)c(-c2ccc(/C=C/C(=O)O)nc2)cc1C(=O)NC1C2CCC(C2)C1C(=O)Nc1cccc(SC(F)(F)F)c1. The molecule has 2 fully saturated rings. The van der Waals surface area contributed by atoms with Crippen LogP contribution in [0.3, 0.4) is 0 Å². The molecule has 2 bridgehead atoms. The Labute approximate surface area is 253 Å². The van der Waals surface area contributed by atoms with Crippen molar-refractivity contribution in [3.05, 3.63) is 77.9 Å². The first-order valence-corrected chi connectivity index (χ1v) is 14.5. The van der Waals surface area contributed by atoms with Gasteiger partial charge in [0.1, 0.15) is 11.6 Å². The van der Waals surface area contributed by atoms with Gasteiger partial charge in [0.2, 0.25) is 5.91 Å². The first-order valence-electron chi connectivity index (χ1n) is 13.6. The number of carboxylic acids is 1. The third-order valence-corrected chi connectivity index (χ3v) is 8.60. The van der Waals surface area contributed by atoms with Gasteiger partial charge >= 0.3 is 11.5 Å². The molecule has 13 heteroatoms. The average Bonchev–Trinajstić information content (AvgIpc) is 3.57. The number of nitrogens with zero attached hydrogens (tertiary/aromatic N) is 1. The van der Waals surface area contributed by atoms with Crippen LogP contribution in [0.5, 0.6) is 5.75 Å². The second kappa shape index (κ2) is 12.7. The predicted molar refractivity (Wildman–Crippen MR) is 155 cm³/mol. The van der Waals surface area contributed by atoms with Gasteiger partial charge in [-0.05, 0) is 79.3 Å². The largest absolute Gasteiger partial charge is 0.496 e. The molecule has 2 amide bonds. The number of hydrogen-bond donors (Lipinski definition) is 3. The van der Waals surface area contributed by atoms with E-state index in [0.29, 0.717) is 17.7 Å². The van der Waals surface area contributed by atoms with Crippen molar-refractivity contribution in [2.24, 2.45) is 17.8 Å². The summed E-state index contributed by atoms with van der Waals surface area (Å²) in [4.78, 5) is 41.9. The number of fused-ring (bicyclic) bond motifs is 2. The van der Waals surface area contributed by atoms with Crippen LogP contribution in [0.1, 0.15) is 35.3 Å². The highest BCUT2D eigenvalue weighted by Crippen LogP contribution is 2.49. The normalized spacial score (nSPS) is 20.9. The molecule has 0 saturated heterocycles. The summed E-state index contributed by atoms with van der Waals surface area (Å²) in [7, 11) is 1.30. The Morgan fingerprint density at radius 2 is 1.86 bits per heavy atom. The number of aromatic nitrogens is 1. The van der Waals surface area contributed by atoms with Crippen molar-refractivity contribution >= 4 is 41.3 Å². The summed E-state index contributed by atoms with van der Waals surface area (Å²) in [5.74, 6) is -3.40. The van der Waals surface area contributed by atoms with E-state index in [4.69, 9.17) is 9.84 Å². The number of anilines is 1. The monoisotopic (exact) mass is 629 g/mol. The number of benzene rings is 2. The Hall–Kier alpha value is -4.39. The number of thioether (sulfide) groups is 1. The number of nitrogens with one attached hydrogen (secondary N) is 2. The fourth-order valence-electron chi connectivity index (χ4n) is 6.04. The molecule has 2 saturated carbocycles. The molecular weight excluding hydrogens is 602 g/mol. The van der Waals surface area contributed by atoms with Crippen molar-refractivity contribution in [2.75, 3.05) is 12.4 Å². The zero-order valence-electron chi connectivity index (χ0n) is 23.2. The maximum Gasteiger partial charge on any atom is 0.446 e. The van der Waals surface area contributed by atoms with Gasteiger partial charge in [-0.1, -0.05) is 12.1 Å². The molecule has 0 spiro atoms. The molecule has 230 valence electrons. The smallest absolute Gasteiger partial charge is 0.446 e. The molecule has 8 nitrogen and oxygen atoms in total. The van der Waals surface area contributed by atoms with Crippen LogP contribution in [-0.2, 0) is 9.59 Å². The minimum absolute atomic E-state index is 0.0107. The van der Waals surface area contributed by atoms with Crippen LogP contribution in [0.25, 0.3) is 17.2 Å². The number of ether oxygens (including phenoxy) is 1. The number of halogens is 4. The number of amides is 2. The molecule has 0 radical (unpaired) electrons. The fourth-order valence-corrected chi connectivity index (χ4v) is 6.64. The van der Waals surface area contributed by atoms with E-state index in [9.17, 15) is 27.6 Å². The van der Waals surface area contributed by atoms with Crippen molar-refractivity contribution < 1.29 is 41.8 Å². The number of carbonyl (C=O) groups is 3. The van der Waals surface area contributed by atoms with Gasteiger partial charge in [-0.2, -0.15) is 13.2 Å². The molecule has 0 aliphatic heterocycles. The second-order valence-electron chi connectivity index (χ2n) is 10.6. The first kappa shape index (κ1) is 31.0. The molecule has 5 rings (SSSR count). The Morgan fingerprint density at radius 3 is 2.55 bits per heavy atom. The summed E-state index contributed by atoms with van der Waals surface area (Å²) in [6.45, 7) is 0. The van der Waals surface area contributed by atoms with Gasteiger partial charge in [0.05, 0.1) is 24.3 Å². The summed E-state index contributed by atoms with van der Waals surface area (Å²) >= 11 is -0.274. The van der Waals surface area contributed by atoms with Crippen molar-refractivity contribution in [1.29, 1.82) is 0 Å². The maximum absolute atomic E-state index is 15.1. The predicted octanol–water partition coefficient (Wildman–Crippen LogP) is 6.39. The lowest BCUT2D eigenvalue weighted by Gasteiger charge is -2.31. The highest BCUT2D eigenvalue weighted by atomic mass is 32.2. The number of pyridine rings is 1. The topological polar surface area (TPSA) is 118 Å². The number of hydrogen-bond acceptors (Lipinski definition) is 6. The van der Waals surface area contributed by atoms with Crippen LogP contribution in [0.15, 0.2) is 65.7 Å². The molecule has 4 atom stereocenters. The van der Waals surface area contributed by atoms with Gasteiger partial charge in [-0.25, -0.2) is 9.18 Å². The third-order valence-electron chi connectivity index (χ3n) is 7.88. The number of alkyl halides is 3. The molecule has 2 aromatic carbocycles. The number of methoxy groups -OCH3 is 1. The van der Waals surface area contributed by atoms with Gasteiger partial charge in [-0.3, -0.25) is 14.6 Å². The lowest BCUT2D eigenvalue weighted by Crippen LogP contribution is -2.48. The Kier molecular flexibility index (Phi) is 8.95. The van der Waals surface area contributed by atoms with Crippen molar-refractivity contribution in [2.45, 2.75) is 35.7 Å².